The molecule has 104 valence electrons. The third kappa shape index (κ3) is 4.62. The summed E-state index contributed by atoms with van der Waals surface area (Å²) in [5.41, 5.74) is 1.64. The molecule has 19 heavy (non-hydrogen) atoms. The second-order valence-electron chi connectivity index (χ2n) is 3.92. The number of rotatable bonds is 6. The van der Waals surface area contributed by atoms with Gasteiger partial charge in [-0.3, -0.25) is 9.59 Å². The van der Waals surface area contributed by atoms with Crippen LogP contribution in [0.2, 0.25) is 0 Å². The quantitative estimate of drug-likeness (QED) is 0.632. The zero-order valence-electron chi connectivity index (χ0n) is 11.5. The zero-order chi connectivity index (χ0) is 14.3. The van der Waals surface area contributed by atoms with Crippen LogP contribution < -0.4 is 10.1 Å². The van der Waals surface area contributed by atoms with Crippen molar-refractivity contribution in [2.45, 2.75) is 26.7 Å². The van der Waals surface area contributed by atoms with Crippen molar-refractivity contribution in [1.82, 2.24) is 0 Å². The highest BCUT2D eigenvalue weighted by molar-refractivity contribution is 6.02. The third-order valence-electron chi connectivity index (χ3n) is 2.56. The average molecular weight is 265 g/mol. The number of aryl methyl sites for hydroxylation is 1. The van der Waals surface area contributed by atoms with Crippen molar-refractivity contribution in [3.63, 3.8) is 0 Å². The molecule has 0 spiro atoms. The molecule has 1 aromatic rings. The number of nitrogens with one attached hydrogen (secondary N) is 1. The Morgan fingerprint density at radius 1 is 1.26 bits per heavy atom. The molecule has 1 aromatic carbocycles. The lowest BCUT2D eigenvalue weighted by Crippen LogP contribution is -2.18. The topological polar surface area (TPSA) is 64.6 Å². The number of benzene rings is 1. The van der Waals surface area contributed by atoms with Crippen LogP contribution in [0.3, 0.4) is 0 Å². The van der Waals surface area contributed by atoms with Gasteiger partial charge in [0.25, 0.3) is 0 Å². The molecule has 1 amide bonds. The smallest absolute Gasteiger partial charge is 0.315 e. The minimum atomic E-state index is -0.536. The van der Waals surface area contributed by atoms with Gasteiger partial charge in [0, 0.05) is 0 Å². The Hall–Kier alpha value is -2.04. The molecule has 0 atom stereocenters. The van der Waals surface area contributed by atoms with Crippen molar-refractivity contribution in [2.75, 3.05) is 19.0 Å². The van der Waals surface area contributed by atoms with E-state index in [4.69, 9.17) is 9.47 Å². The third-order valence-corrected chi connectivity index (χ3v) is 2.56. The van der Waals surface area contributed by atoms with Crippen LogP contribution in [0.15, 0.2) is 18.2 Å². The number of carbonyl (C=O) groups is 2. The van der Waals surface area contributed by atoms with Gasteiger partial charge in [0.1, 0.15) is 12.2 Å². The van der Waals surface area contributed by atoms with E-state index in [2.05, 4.69) is 5.32 Å². The Bertz CT molecular complexity index is 457. The first kappa shape index (κ1) is 15.0. The summed E-state index contributed by atoms with van der Waals surface area (Å²) in [6.45, 7) is 3.98. The van der Waals surface area contributed by atoms with Gasteiger partial charge in [-0.25, -0.2) is 0 Å². The molecular weight excluding hydrogens is 246 g/mol. The second-order valence-corrected chi connectivity index (χ2v) is 3.92. The van der Waals surface area contributed by atoms with E-state index in [9.17, 15) is 9.59 Å². The van der Waals surface area contributed by atoms with E-state index in [0.717, 1.165) is 12.0 Å². The van der Waals surface area contributed by atoms with Crippen LogP contribution in [0, 0.1) is 0 Å². The monoisotopic (exact) mass is 265 g/mol. The molecule has 0 bridgehead atoms. The van der Waals surface area contributed by atoms with Gasteiger partial charge >= 0.3 is 5.97 Å². The van der Waals surface area contributed by atoms with E-state index in [1.165, 1.54) is 7.11 Å². The van der Waals surface area contributed by atoms with Crippen molar-refractivity contribution >= 4 is 17.6 Å². The van der Waals surface area contributed by atoms with Gasteiger partial charge in [-0.2, -0.15) is 0 Å². The summed E-state index contributed by atoms with van der Waals surface area (Å²) in [6.07, 6.45) is 0.554. The molecule has 5 nitrogen and oxygen atoms in total. The van der Waals surface area contributed by atoms with Crippen molar-refractivity contribution < 1.29 is 19.1 Å². The first-order valence-corrected chi connectivity index (χ1v) is 6.23. The Kier molecular flexibility index (Phi) is 5.85. The maximum absolute atomic E-state index is 11.7. The number of anilines is 1. The van der Waals surface area contributed by atoms with Crippen molar-refractivity contribution in [3.05, 3.63) is 23.8 Å². The lowest BCUT2D eigenvalue weighted by Gasteiger charge is -2.11. The number of hydrogen-bond donors (Lipinski definition) is 1. The Morgan fingerprint density at radius 2 is 2.00 bits per heavy atom. The van der Waals surface area contributed by atoms with Crippen LogP contribution in [0.4, 0.5) is 5.69 Å². The van der Waals surface area contributed by atoms with Crippen LogP contribution in [-0.2, 0) is 20.7 Å². The Labute approximate surface area is 112 Å². The van der Waals surface area contributed by atoms with Crippen LogP contribution in [0.5, 0.6) is 5.75 Å². The summed E-state index contributed by atoms with van der Waals surface area (Å²) < 4.78 is 9.89. The van der Waals surface area contributed by atoms with Crippen molar-refractivity contribution in [3.8, 4) is 5.75 Å². The molecule has 0 radical (unpaired) electrons. The minimum Gasteiger partial charge on any atom is -0.495 e. The predicted octanol–water partition coefficient (Wildman–Crippen LogP) is 2.15. The van der Waals surface area contributed by atoms with Crippen molar-refractivity contribution in [1.29, 1.82) is 0 Å². The first-order chi connectivity index (χ1) is 9.10. The molecule has 1 rings (SSSR count). The Morgan fingerprint density at radius 3 is 2.58 bits per heavy atom. The van der Waals surface area contributed by atoms with Gasteiger partial charge < -0.3 is 14.8 Å². The van der Waals surface area contributed by atoms with E-state index >= 15 is 0 Å². The maximum atomic E-state index is 11.7. The highest BCUT2D eigenvalue weighted by Gasteiger charge is 2.13. The fourth-order valence-corrected chi connectivity index (χ4v) is 1.61. The number of carbonyl (C=O) groups excluding carboxylic acids is 2. The molecule has 0 unspecified atom stereocenters. The first-order valence-electron chi connectivity index (χ1n) is 6.23. The highest BCUT2D eigenvalue weighted by atomic mass is 16.5. The fraction of sp³-hybridized carbons (Fsp3) is 0.429. The molecular formula is C14H19NO4. The standard InChI is InChI=1S/C14H19NO4/c1-4-10-6-7-12(18-3)11(8-10)15-13(16)9-14(17)19-5-2/h6-8H,4-5,9H2,1-3H3,(H,15,16). The summed E-state index contributed by atoms with van der Waals surface area (Å²) in [4.78, 5) is 22.9. The van der Waals surface area contributed by atoms with Crippen LogP contribution in [-0.4, -0.2) is 25.6 Å². The van der Waals surface area contributed by atoms with E-state index in [0.29, 0.717) is 11.4 Å². The molecule has 0 aromatic heterocycles. The largest absolute Gasteiger partial charge is 0.495 e. The van der Waals surface area contributed by atoms with Gasteiger partial charge in [0.15, 0.2) is 0 Å². The maximum Gasteiger partial charge on any atom is 0.315 e. The normalized spacial score (nSPS) is 9.84. The van der Waals surface area contributed by atoms with Crippen LogP contribution in [0.25, 0.3) is 0 Å². The SMILES string of the molecule is CCOC(=O)CC(=O)Nc1cc(CC)ccc1OC. The summed E-state index contributed by atoms with van der Waals surface area (Å²) in [7, 11) is 1.53. The van der Waals surface area contributed by atoms with Gasteiger partial charge in [-0.1, -0.05) is 13.0 Å². The van der Waals surface area contributed by atoms with Gasteiger partial charge in [0.05, 0.1) is 19.4 Å². The van der Waals surface area contributed by atoms with E-state index in [1.54, 1.807) is 13.0 Å². The molecule has 0 heterocycles. The van der Waals surface area contributed by atoms with Crippen LogP contribution >= 0.6 is 0 Å². The number of methoxy groups -OCH3 is 1. The van der Waals surface area contributed by atoms with Gasteiger partial charge in [-0.05, 0) is 31.0 Å². The molecule has 5 heteroatoms. The molecule has 0 fully saturated rings. The fourth-order valence-electron chi connectivity index (χ4n) is 1.61. The minimum absolute atomic E-state index is 0.265. The summed E-state index contributed by atoms with van der Waals surface area (Å²) in [5, 5.41) is 2.66. The number of esters is 1. The van der Waals surface area contributed by atoms with Gasteiger partial charge in [-0.15, -0.1) is 0 Å². The lowest BCUT2D eigenvalue weighted by atomic mass is 10.1. The molecule has 0 aliphatic rings. The second kappa shape index (κ2) is 7.41. The predicted molar refractivity (Wildman–Crippen MR) is 72.3 cm³/mol. The summed E-state index contributed by atoms with van der Waals surface area (Å²) in [5.74, 6) is -0.384. The van der Waals surface area contributed by atoms with E-state index in [1.807, 2.05) is 19.1 Å². The number of amides is 1. The number of ether oxygens (including phenoxy) is 2. The zero-order valence-corrected chi connectivity index (χ0v) is 11.5. The molecule has 0 saturated heterocycles. The van der Waals surface area contributed by atoms with E-state index < -0.39 is 11.9 Å². The lowest BCUT2D eigenvalue weighted by molar-refractivity contribution is -0.145. The number of hydrogen-bond acceptors (Lipinski definition) is 4. The highest BCUT2D eigenvalue weighted by Crippen LogP contribution is 2.25. The van der Waals surface area contributed by atoms with Crippen LogP contribution in [0.1, 0.15) is 25.8 Å². The van der Waals surface area contributed by atoms with E-state index in [-0.39, 0.29) is 13.0 Å². The summed E-state index contributed by atoms with van der Waals surface area (Å²) in [6, 6.07) is 5.56. The molecule has 1 N–H and O–H groups in total. The molecule has 0 aliphatic heterocycles. The van der Waals surface area contributed by atoms with Gasteiger partial charge in [0.2, 0.25) is 5.91 Å². The summed E-state index contributed by atoms with van der Waals surface area (Å²) >= 11 is 0. The average Bonchev–Trinajstić information content (AvgIpc) is 2.38. The Balaban J connectivity index is 2.74. The molecule has 0 saturated carbocycles. The van der Waals surface area contributed by atoms with Crippen molar-refractivity contribution in [2.24, 2.45) is 0 Å². The molecule has 0 aliphatic carbocycles.